The Labute approximate surface area is 104 Å². The number of anilines is 2. The standard InChI is InChI=1S/C15H22N2/c1-5-7-9-13-12(8-6-2)10-11-14(16-3)15(13)17-4/h5,7,9-11,16-17H,1,6,8H2,2-4H3/b9-7-. The predicted octanol–water partition coefficient (Wildman–Crippen LogP) is 3.92. The minimum absolute atomic E-state index is 1.09. The number of allylic oxidation sites excluding steroid dienone is 2. The molecule has 92 valence electrons. The third-order valence-corrected chi connectivity index (χ3v) is 2.77. The van der Waals surface area contributed by atoms with E-state index in [9.17, 15) is 0 Å². The Hall–Kier alpha value is -1.70. The lowest BCUT2D eigenvalue weighted by atomic mass is 9.99. The molecule has 0 amide bonds. The van der Waals surface area contributed by atoms with Crippen molar-refractivity contribution in [3.8, 4) is 0 Å². The number of hydrogen-bond acceptors (Lipinski definition) is 2. The summed E-state index contributed by atoms with van der Waals surface area (Å²) in [6.07, 6.45) is 8.15. The van der Waals surface area contributed by atoms with Crippen LogP contribution in [0.15, 0.2) is 30.9 Å². The Balaban J connectivity index is 3.32. The predicted molar refractivity (Wildman–Crippen MR) is 78.8 cm³/mol. The van der Waals surface area contributed by atoms with E-state index in [1.807, 2.05) is 20.2 Å². The van der Waals surface area contributed by atoms with Gasteiger partial charge < -0.3 is 10.6 Å². The van der Waals surface area contributed by atoms with Crippen LogP contribution in [0.5, 0.6) is 0 Å². The molecule has 2 heteroatoms. The molecule has 1 aromatic rings. The molecule has 0 unspecified atom stereocenters. The largest absolute Gasteiger partial charge is 0.386 e. The van der Waals surface area contributed by atoms with Crippen LogP contribution in [0.25, 0.3) is 6.08 Å². The lowest BCUT2D eigenvalue weighted by Gasteiger charge is -2.16. The minimum Gasteiger partial charge on any atom is -0.386 e. The van der Waals surface area contributed by atoms with E-state index in [1.54, 1.807) is 6.08 Å². The van der Waals surface area contributed by atoms with E-state index >= 15 is 0 Å². The van der Waals surface area contributed by atoms with Crippen LogP contribution in [-0.2, 0) is 6.42 Å². The maximum Gasteiger partial charge on any atom is 0.0649 e. The fraction of sp³-hybridized carbons (Fsp3) is 0.333. The fourth-order valence-electron chi connectivity index (χ4n) is 1.98. The molecule has 0 saturated heterocycles. The maximum atomic E-state index is 3.73. The van der Waals surface area contributed by atoms with Crippen LogP contribution < -0.4 is 10.6 Å². The molecule has 0 fully saturated rings. The zero-order valence-electron chi connectivity index (χ0n) is 11.0. The van der Waals surface area contributed by atoms with Crippen molar-refractivity contribution in [2.24, 2.45) is 0 Å². The molecule has 0 radical (unpaired) electrons. The number of aryl methyl sites for hydroxylation is 1. The van der Waals surface area contributed by atoms with Crippen molar-refractivity contribution in [2.75, 3.05) is 24.7 Å². The van der Waals surface area contributed by atoms with Gasteiger partial charge in [-0.1, -0.05) is 44.2 Å². The summed E-state index contributed by atoms with van der Waals surface area (Å²) in [6.45, 7) is 5.93. The van der Waals surface area contributed by atoms with Gasteiger partial charge in [0.1, 0.15) is 0 Å². The van der Waals surface area contributed by atoms with Gasteiger partial charge in [-0.3, -0.25) is 0 Å². The van der Waals surface area contributed by atoms with Crippen molar-refractivity contribution in [3.63, 3.8) is 0 Å². The highest BCUT2D eigenvalue weighted by atomic mass is 14.9. The Morgan fingerprint density at radius 1 is 1.24 bits per heavy atom. The van der Waals surface area contributed by atoms with Gasteiger partial charge in [0.2, 0.25) is 0 Å². The van der Waals surface area contributed by atoms with Crippen LogP contribution in [0, 0.1) is 0 Å². The van der Waals surface area contributed by atoms with Gasteiger partial charge in [-0.2, -0.15) is 0 Å². The molecule has 0 spiro atoms. The molecule has 0 saturated carbocycles. The molecule has 0 bridgehead atoms. The zero-order valence-corrected chi connectivity index (χ0v) is 11.0. The van der Waals surface area contributed by atoms with Crippen molar-refractivity contribution < 1.29 is 0 Å². The van der Waals surface area contributed by atoms with Gasteiger partial charge in [-0.15, -0.1) is 0 Å². The fourth-order valence-corrected chi connectivity index (χ4v) is 1.98. The summed E-state index contributed by atoms with van der Waals surface area (Å²) in [7, 11) is 3.90. The summed E-state index contributed by atoms with van der Waals surface area (Å²) in [6, 6.07) is 4.32. The molecular formula is C15H22N2. The Kier molecular flexibility index (Phi) is 5.34. The SMILES string of the molecule is C=C/C=C\c1c(CCC)ccc(NC)c1NC. The van der Waals surface area contributed by atoms with Gasteiger partial charge in [0, 0.05) is 19.7 Å². The van der Waals surface area contributed by atoms with Crippen LogP contribution in [0.1, 0.15) is 24.5 Å². The zero-order chi connectivity index (χ0) is 12.7. The van der Waals surface area contributed by atoms with Crippen LogP contribution >= 0.6 is 0 Å². The summed E-state index contributed by atoms with van der Waals surface area (Å²) >= 11 is 0. The first-order chi connectivity index (χ1) is 8.28. The maximum absolute atomic E-state index is 3.73. The van der Waals surface area contributed by atoms with E-state index in [4.69, 9.17) is 0 Å². The third kappa shape index (κ3) is 3.13. The first-order valence-corrected chi connectivity index (χ1v) is 6.08. The van der Waals surface area contributed by atoms with Crippen molar-refractivity contribution in [3.05, 3.63) is 42.0 Å². The van der Waals surface area contributed by atoms with E-state index in [1.165, 1.54) is 11.1 Å². The summed E-state index contributed by atoms with van der Waals surface area (Å²) in [4.78, 5) is 0. The van der Waals surface area contributed by atoms with Crippen molar-refractivity contribution in [1.82, 2.24) is 0 Å². The van der Waals surface area contributed by atoms with Crippen LogP contribution in [-0.4, -0.2) is 14.1 Å². The summed E-state index contributed by atoms with van der Waals surface area (Å²) in [5.74, 6) is 0. The second kappa shape index (κ2) is 6.79. The third-order valence-electron chi connectivity index (χ3n) is 2.77. The van der Waals surface area contributed by atoms with Gasteiger partial charge in [-0.25, -0.2) is 0 Å². The van der Waals surface area contributed by atoms with Crippen molar-refractivity contribution >= 4 is 17.5 Å². The highest BCUT2D eigenvalue weighted by Gasteiger charge is 2.08. The lowest BCUT2D eigenvalue weighted by Crippen LogP contribution is -2.02. The van der Waals surface area contributed by atoms with Gasteiger partial charge in [0.25, 0.3) is 0 Å². The highest BCUT2D eigenvalue weighted by Crippen LogP contribution is 2.30. The van der Waals surface area contributed by atoms with Crippen LogP contribution in [0.2, 0.25) is 0 Å². The molecule has 0 heterocycles. The molecular weight excluding hydrogens is 208 g/mol. The Morgan fingerprint density at radius 3 is 2.53 bits per heavy atom. The monoisotopic (exact) mass is 230 g/mol. The molecule has 17 heavy (non-hydrogen) atoms. The quantitative estimate of drug-likeness (QED) is 0.724. The van der Waals surface area contributed by atoms with E-state index < -0.39 is 0 Å². The highest BCUT2D eigenvalue weighted by molar-refractivity contribution is 5.81. The molecule has 2 nitrogen and oxygen atoms in total. The average Bonchev–Trinajstić information content (AvgIpc) is 2.36. The summed E-state index contributed by atoms with van der Waals surface area (Å²) < 4.78 is 0. The molecule has 0 aliphatic carbocycles. The molecule has 2 N–H and O–H groups in total. The summed E-state index contributed by atoms with van der Waals surface area (Å²) in [5, 5.41) is 6.49. The molecule has 1 aromatic carbocycles. The van der Waals surface area contributed by atoms with Crippen LogP contribution in [0.4, 0.5) is 11.4 Å². The first-order valence-electron chi connectivity index (χ1n) is 6.08. The van der Waals surface area contributed by atoms with Crippen molar-refractivity contribution in [1.29, 1.82) is 0 Å². The lowest BCUT2D eigenvalue weighted by molar-refractivity contribution is 0.920. The Morgan fingerprint density at radius 2 is 2.00 bits per heavy atom. The molecule has 0 aliphatic heterocycles. The van der Waals surface area contributed by atoms with E-state index in [2.05, 4.69) is 42.3 Å². The number of benzene rings is 1. The second-order valence-corrected chi connectivity index (χ2v) is 3.91. The van der Waals surface area contributed by atoms with Gasteiger partial charge >= 0.3 is 0 Å². The van der Waals surface area contributed by atoms with E-state index in [0.717, 1.165) is 24.2 Å². The smallest absolute Gasteiger partial charge is 0.0649 e. The van der Waals surface area contributed by atoms with Gasteiger partial charge in [0.05, 0.1) is 11.4 Å². The summed E-state index contributed by atoms with van der Waals surface area (Å²) in [5.41, 5.74) is 4.89. The number of nitrogens with one attached hydrogen (secondary N) is 2. The molecule has 1 rings (SSSR count). The van der Waals surface area contributed by atoms with Crippen LogP contribution in [0.3, 0.4) is 0 Å². The number of hydrogen-bond donors (Lipinski definition) is 2. The first kappa shape index (κ1) is 13.4. The van der Waals surface area contributed by atoms with Gasteiger partial charge in [-0.05, 0) is 18.1 Å². The topological polar surface area (TPSA) is 24.1 Å². The number of rotatable bonds is 6. The molecule has 0 aromatic heterocycles. The normalized spacial score (nSPS) is 10.5. The minimum atomic E-state index is 1.09. The van der Waals surface area contributed by atoms with E-state index in [0.29, 0.717) is 0 Å². The van der Waals surface area contributed by atoms with E-state index in [-0.39, 0.29) is 0 Å². The van der Waals surface area contributed by atoms with Gasteiger partial charge in [0.15, 0.2) is 0 Å². The average molecular weight is 230 g/mol. The molecule has 0 atom stereocenters. The molecule has 0 aliphatic rings. The van der Waals surface area contributed by atoms with Crippen molar-refractivity contribution in [2.45, 2.75) is 19.8 Å². The second-order valence-electron chi connectivity index (χ2n) is 3.91. The Bertz CT molecular complexity index is 406.